The molecule has 1 aliphatic rings. The Bertz CT molecular complexity index is 357. The third-order valence-corrected chi connectivity index (χ3v) is 3.55. The van der Waals surface area contributed by atoms with Crippen LogP contribution in [-0.4, -0.2) is 25.7 Å². The Hall–Kier alpha value is -0.150. The van der Waals surface area contributed by atoms with Crippen LogP contribution in [0.1, 0.15) is 6.92 Å². The van der Waals surface area contributed by atoms with Gasteiger partial charge in [0.15, 0.2) is 0 Å². The Balaban J connectivity index is 0.00000128. The number of benzene rings is 1. The van der Waals surface area contributed by atoms with E-state index in [0.717, 1.165) is 25.3 Å². The van der Waals surface area contributed by atoms with Gasteiger partial charge in [-0.1, -0.05) is 29.3 Å². The Kier molecular flexibility index (Phi) is 5.19. The van der Waals surface area contributed by atoms with E-state index in [-0.39, 0.29) is 12.4 Å². The molecule has 0 aliphatic carbocycles. The van der Waals surface area contributed by atoms with Gasteiger partial charge < -0.3 is 10.2 Å². The SMILES string of the molecule is C[C@@H]1CNCCN1c1cccc(Cl)c1Cl.Cl. The van der Waals surface area contributed by atoms with Gasteiger partial charge in [-0.3, -0.25) is 0 Å². The van der Waals surface area contributed by atoms with Crippen LogP contribution in [-0.2, 0) is 0 Å². The minimum absolute atomic E-state index is 0. The number of rotatable bonds is 1. The number of halogens is 3. The van der Waals surface area contributed by atoms with Gasteiger partial charge in [0.05, 0.1) is 15.7 Å². The summed E-state index contributed by atoms with van der Waals surface area (Å²) in [5.74, 6) is 0. The molecule has 0 bridgehead atoms. The Labute approximate surface area is 112 Å². The van der Waals surface area contributed by atoms with Crippen molar-refractivity contribution in [1.82, 2.24) is 5.32 Å². The van der Waals surface area contributed by atoms with Gasteiger partial charge in [0.2, 0.25) is 0 Å². The molecule has 0 aromatic heterocycles. The molecular weight excluding hydrogens is 266 g/mol. The van der Waals surface area contributed by atoms with Gasteiger partial charge in [0, 0.05) is 25.7 Å². The zero-order valence-electron chi connectivity index (χ0n) is 9.04. The predicted octanol–water partition coefficient (Wildman–Crippen LogP) is 3.21. The average Bonchev–Trinajstić information content (AvgIpc) is 2.23. The lowest BCUT2D eigenvalue weighted by Gasteiger charge is -2.36. The predicted molar refractivity (Wildman–Crippen MR) is 73.4 cm³/mol. The fraction of sp³-hybridized carbons (Fsp3) is 0.455. The molecule has 90 valence electrons. The van der Waals surface area contributed by atoms with Gasteiger partial charge >= 0.3 is 0 Å². The monoisotopic (exact) mass is 280 g/mol. The molecule has 0 radical (unpaired) electrons. The Morgan fingerprint density at radius 1 is 1.38 bits per heavy atom. The van der Waals surface area contributed by atoms with Crippen molar-refractivity contribution in [2.75, 3.05) is 24.5 Å². The maximum absolute atomic E-state index is 6.20. The average molecular weight is 282 g/mol. The summed E-state index contributed by atoms with van der Waals surface area (Å²) < 4.78 is 0. The lowest BCUT2D eigenvalue weighted by atomic mass is 10.2. The maximum Gasteiger partial charge on any atom is 0.0825 e. The molecule has 5 heteroatoms. The highest BCUT2D eigenvalue weighted by Gasteiger charge is 2.20. The lowest BCUT2D eigenvalue weighted by molar-refractivity contribution is 0.501. The van der Waals surface area contributed by atoms with E-state index < -0.39 is 0 Å². The van der Waals surface area contributed by atoms with E-state index in [1.165, 1.54) is 0 Å². The number of anilines is 1. The summed E-state index contributed by atoms with van der Waals surface area (Å²) in [6, 6.07) is 6.24. The van der Waals surface area contributed by atoms with Crippen LogP contribution in [0, 0.1) is 0 Å². The van der Waals surface area contributed by atoms with Crippen molar-refractivity contribution >= 4 is 41.3 Å². The highest BCUT2D eigenvalue weighted by molar-refractivity contribution is 6.43. The molecule has 1 aromatic rings. The quantitative estimate of drug-likeness (QED) is 0.850. The first kappa shape index (κ1) is 13.9. The van der Waals surface area contributed by atoms with Crippen LogP contribution in [0.5, 0.6) is 0 Å². The molecule has 1 saturated heterocycles. The lowest BCUT2D eigenvalue weighted by Crippen LogP contribution is -2.50. The third kappa shape index (κ3) is 2.75. The molecule has 0 saturated carbocycles. The molecule has 2 rings (SSSR count). The van der Waals surface area contributed by atoms with Gasteiger partial charge in [-0.05, 0) is 19.1 Å². The van der Waals surface area contributed by atoms with Crippen molar-refractivity contribution < 1.29 is 0 Å². The van der Waals surface area contributed by atoms with Crippen LogP contribution >= 0.6 is 35.6 Å². The van der Waals surface area contributed by atoms with E-state index in [0.29, 0.717) is 16.1 Å². The molecule has 0 unspecified atom stereocenters. The molecule has 0 amide bonds. The topological polar surface area (TPSA) is 15.3 Å². The molecule has 1 aliphatic heterocycles. The summed E-state index contributed by atoms with van der Waals surface area (Å²) in [6.07, 6.45) is 0. The maximum atomic E-state index is 6.20. The molecule has 1 atom stereocenters. The largest absolute Gasteiger partial charge is 0.365 e. The van der Waals surface area contributed by atoms with Crippen molar-refractivity contribution in [1.29, 1.82) is 0 Å². The second kappa shape index (κ2) is 5.97. The normalized spacial score (nSPS) is 20.4. The number of nitrogens with zero attached hydrogens (tertiary/aromatic N) is 1. The van der Waals surface area contributed by atoms with Crippen molar-refractivity contribution in [3.8, 4) is 0 Å². The first-order chi connectivity index (χ1) is 7.20. The van der Waals surface area contributed by atoms with Crippen LogP contribution in [0.3, 0.4) is 0 Å². The number of hydrogen-bond acceptors (Lipinski definition) is 2. The first-order valence-corrected chi connectivity index (χ1v) is 5.87. The summed E-state index contributed by atoms with van der Waals surface area (Å²) in [5.41, 5.74) is 1.04. The van der Waals surface area contributed by atoms with Crippen LogP contribution in [0.4, 0.5) is 5.69 Å². The minimum atomic E-state index is 0. The fourth-order valence-corrected chi connectivity index (χ4v) is 2.32. The summed E-state index contributed by atoms with van der Waals surface area (Å²) in [6.45, 7) is 5.14. The van der Waals surface area contributed by atoms with Gasteiger partial charge in [-0.25, -0.2) is 0 Å². The number of nitrogens with one attached hydrogen (secondary N) is 1. The standard InChI is InChI=1S/C11H14Cl2N2.ClH/c1-8-7-14-5-6-15(8)10-4-2-3-9(12)11(10)13;/h2-4,8,14H,5-7H2,1H3;1H/t8-;/m1./s1. The van der Waals surface area contributed by atoms with Crippen LogP contribution in [0.15, 0.2) is 18.2 Å². The molecule has 1 fully saturated rings. The van der Waals surface area contributed by atoms with E-state index in [4.69, 9.17) is 23.2 Å². The second-order valence-corrected chi connectivity index (χ2v) is 4.60. The van der Waals surface area contributed by atoms with Crippen molar-refractivity contribution in [3.05, 3.63) is 28.2 Å². The zero-order valence-corrected chi connectivity index (χ0v) is 11.4. The smallest absolute Gasteiger partial charge is 0.0825 e. The third-order valence-electron chi connectivity index (χ3n) is 2.74. The van der Waals surface area contributed by atoms with Crippen molar-refractivity contribution in [2.24, 2.45) is 0 Å². The fourth-order valence-electron chi connectivity index (χ4n) is 1.91. The van der Waals surface area contributed by atoms with Crippen molar-refractivity contribution in [2.45, 2.75) is 13.0 Å². The van der Waals surface area contributed by atoms with Crippen LogP contribution in [0.2, 0.25) is 10.0 Å². The zero-order chi connectivity index (χ0) is 10.8. The molecule has 1 heterocycles. The van der Waals surface area contributed by atoms with E-state index >= 15 is 0 Å². The number of hydrogen-bond donors (Lipinski definition) is 1. The summed E-state index contributed by atoms with van der Waals surface area (Å²) in [5, 5.41) is 4.64. The molecule has 16 heavy (non-hydrogen) atoms. The summed E-state index contributed by atoms with van der Waals surface area (Å²) in [7, 11) is 0. The van der Waals surface area contributed by atoms with Crippen molar-refractivity contribution in [3.63, 3.8) is 0 Å². The molecular formula is C11H15Cl3N2. The van der Waals surface area contributed by atoms with Gasteiger partial charge in [-0.2, -0.15) is 0 Å². The number of piperazine rings is 1. The molecule has 1 N–H and O–H groups in total. The van der Waals surface area contributed by atoms with Gasteiger partial charge in [-0.15, -0.1) is 12.4 Å². The van der Waals surface area contributed by atoms with Crippen LogP contribution < -0.4 is 10.2 Å². The Morgan fingerprint density at radius 3 is 2.81 bits per heavy atom. The molecule has 0 spiro atoms. The Morgan fingerprint density at radius 2 is 2.12 bits per heavy atom. The molecule has 1 aromatic carbocycles. The summed E-state index contributed by atoms with van der Waals surface area (Å²) in [4.78, 5) is 2.30. The highest BCUT2D eigenvalue weighted by atomic mass is 35.5. The molecule has 2 nitrogen and oxygen atoms in total. The first-order valence-electron chi connectivity index (χ1n) is 5.11. The van der Waals surface area contributed by atoms with E-state index in [1.807, 2.05) is 18.2 Å². The van der Waals surface area contributed by atoms with Gasteiger partial charge in [0.25, 0.3) is 0 Å². The minimum Gasteiger partial charge on any atom is -0.365 e. The van der Waals surface area contributed by atoms with Gasteiger partial charge in [0.1, 0.15) is 0 Å². The second-order valence-electron chi connectivity index (χ2n) is 3.82. The van der Waals surface area contributed by atoms with E-state index in [1.54, 1.807) is 0 Å². The van der Waals surface area contributed by atoms with E-state index in [2.05, 4.69) is 17.1 Å². The highest BCUT2D eigenvalue weighted by Crippen LogP contribution is 2.33. The van der Waals surface area contributed by atoms with Crippen LogP contribution in [0.25, 0.3) is 0 Å². The summed E-state index contributed by atoms with van der Waals surface area (Å²) >= 11 is 12.2. The van der Waals surface area contributed by atoms with E-state index in [9.17, 15) is 0 Å².